The third-order valence-electron chi connectivity index (χ3n) is 25.6. The van der Waals surface area contributed by atoms with E-state index < -0.39 is 0 Å². The number of nitrogens with zero attached hydrogens (tertiary/aromatic N) is 3. The molecule has 0 aromatic heterocycles. The maximum atomic E-state index is 7.38. The van der Waals surface area contributed by atoms with Gasteiger partial charge in [-0.3, -0.25) is 9.98 Å². The number of rotatable bonds is 48. The molecular weight excluding hydrogens is 1220 g/mol. The van der Waals surface area contributed by atoms with Crippen LogP contribution in [0.15, 0.2) is 9.98 Å². The summed E-state index contributed by atoms with van der Waals surface area (Å²) < 4.78 is 14.8. The van der Waals surface area contributed by atoms with Crippen molar-refractivity contribution in [2.45, 2.75) is 469 Å². The van der Waals surface area contributed by atoms with Crippen LogP contribution in [0.3, 0.4) is 0 Å². The Balaban J connectivity index is 0.00000448. The van der Waals surface area contributed by atoms with Gasteiger partial charge in [-0.2, -0.15) is 0 Å². The van der Waals surface area contributed by atoms with Gasteiger partial charge in [-0.05, 0) is 111 Å². The third-order valence-corrected chi connectivity index (χ3v) is 25.6. The molecule has 0 amide bonds. The van der Waals surface area contributed by atoms with Crippen molar-refractivity contribution in [3.05, 3.63) is 5.32 Å². The van der Waals surface area contributed by atoms with Crippen LogP contribution in [0, 0.1) is 47.3 Å². The van der Waals surface area contributed by atoms with Gasteiger partial charge in [0.2, 0.25) is 0 Å². The molecule has 7 rings (SSSR count). The molecule has 0 bridgehead atoms. The molecule has 0 aromatic rings. The van der Waals surface area contributed by atoms with E-state index >= 15 is 0 Å². The summed E-state index contributed by atoms with van der Waals surface area (Å²) in [5.41, 5.74) is 2.70. The van der Waals surface area contributed by atoms with E-state index in [9.17, 15) is 0 Å². The molecule has 6 aliphatic carbocycles. The minimum absolute atomic E-state index is 0.252. The van der Waals surface area contributed by atoms with E-state index in [0.717, 1.165) is 36.9 Å². The molecule has 1 aliphatic heterocycles. The number of ether oxygens (including phenoxy) is 2. The molecule has 7 fully saturated rings. The summed E-state index contributed by atoms with van der Waals surface area (Å²) in [6, 6.07) is 1.37. The normalized spacial score (nSPS) is 27.8. The van der Waals surface area contributed by atoms with Crippen molar-refractivity contribution in [2.75, 3.05) is 13.2 Å². The van der Waals surface area contributed by atoms with Gasteiger partial charge in [0.1, 0.15) is 0 Å². The van der Waals surface area contributed by atoms with Crippen LogP contribution in [0.5, 0.6) is 0 Å². The molecule has 546 valence electrons. The first-order chi connectivity index (χ1) is 45.9. The Morgan fingerprint density at radius 1 is 0.312 bits per heavy atom. The summed E-state index contributed by atoms with van der Waals surface area (Å²) in [6.07, 6.45) is 89.6. The second kappa shape index (κ2) is 54.1. The van der Waals surface area contributed by atoms with Gasteiger partial charge >= 0.3 is 33.2 Å². The summed E-state index contributed by atoms with van der Waals surface area (Å²) in [4.78, 5) is 11.8. The van der Waals surface area contributed by atoms with Crippen molar-refractivity contribution in [1.82, 2.24) is 0 Å². The van der Waals surface area contributed by atoms with Gasteiger partial charge in [0.05, 0.1) is 24.3 Å². The zero-order valence-corrected chi connectivity index (χ0v) is 64.8. The van der Waals surface area contributed by atoms with Crippen LogP contribution < -0.4 is 0 Å². The van der Waals surface area contributed by atoms with Crippen molar-refractivity contribution in [3.63, 3.8) is 0 Å². The van der Waals surface area contributed by atoms with Crippen molar-refractivity contribution in [1.29, 1.82) is 0 Å². The van der Waals surface area contributed by atoms with Gasteiger partial charge in [0.25, 0.3) is 0 Å². The van der Waals surface area contributed by atoms with Crippen molar-refractivity contribution in [2.24, 2.45) is 57.3 Å². The molecule has 7 aliphatic rings. The van der Waals surface area contributed by atoms with Gasteiger partial charge in [0.15, 0.2) is 0 Å². The average molecular weight is 1380 g/mol. The van der Waals surface area contributed by atoms with Crippen LogP contribution in [0.4, 0.5) is 0 Å². The molecule has 93 heavy (non-hydrogen) atoms. The first-order valence-corrected chi connectivity index (χ1v) is 45.7. The predicted molar refractivity (Wildman–Crippen MR) is 406 cm³/mol. The van der Waals surface area contributed by atoms with E-state index in [1.165, 1.54) is 416 Å². The van der Waals surface area contributed by atoms with E-state index in [1.54, 1.807) is 0 Å². The van der Waals surface area contributed by atoms with Crippen molar-refractivity contribution >= 4 is 31.7 Å². The van der Waals surface area contributed by atoms with Crippen LogP contribution in [0.2, 0.25) is 0 Å². The zero-order valence-electron chi connectivity index (χ0n) is 62.3. The molecule has 6 unspecified atom stereocenters. The second-order valence-corrected chi connectivity index (χ2v) is 34.6. The predicted octanol–water partition coefficient (Wildman–Crippen LogP) is 28.5. The first-order valence-electron chi connectivity index (χ1n) is 42.8. The number of hydrogen-bond acceptors (Lipinski definition) is 4. The Morgan fingerprint density at radius 2 is 0.527 bits per heavy atom. The van der Waals surface area contributed by atoms with Crippen LogP contribution >= 0.6 is 20.3 Å². The van der Waals surface area contributed by atoms with E-state index in [4.69, 9.17) is 45.1 Å². The fourth-order valence-corrected chi connectivity index (χ4v) is 20.1. The molecule has 0 radical (unpaired) electrons. The molecule has 0 N–H and O–H groups in total. The number of aliphatic imine (C=N–C) groups is 2. The quantitative estimate of drug-likeness (QED) is 0.0450. The van der Waals surface area contributed by atoms with Gasteiger partial charge < -0.3 is 14.8 Å². The van der Waals surface area contributed by atoms with Gasteiger partial charge in [-0.1, -0.05) is 392 Å². The topological polar surface area (TPSA) is 57.3 Å². The van der Waals surface area contributed by atoms with Crippen LogP contribution in [-0.2, 0) is 22.4 Å². The van der Waals surface area contributed by atoms with E-state index in [1.807, 2.05) is 0 Å². The third kappa shape index (κ3) is 34.2. The number of piperidine rings is 1. The van der Waals surface area contributed by atoms with Gasteiger partial charge in [-0.25, -0.2) is 0 Å². The fraction of sp³-hybridized carbons (Fsp3) is 0.976. The molecule has 8 heteroatoms. The van der Waals surface area contributed by atoms with Crippen LogP contribution in [0.25, 0.3) is 5.32 Å². The van der Waals surface area contributed by atoms with Gasteiger partial charge in [0, 0.05) is 13.2 Å². The Morgan fingerprint density at radius 3 is 0.753 bits per heavy atom. The summed E-state index contributed by atoms with van der Waals surface area (Å²) in [6.45, 7) is 11.4. The minimum atomic E-state index is 0.252. The Hall–Kier alpha value is 0.306. The van der Waals surface area contributed by atoms with Gasteiger partial charge in [-0.15, -0.1) is 0 Å². The molecule has 1 heterocycles. The average Bonchev–Trinajstić information content (AvgIpc) is 0.844. The molecular formula is C85H156Cl2CoN3O2. The SMILES string of the molecule is CCCCCCCCCCCCCCCCCCCCOC1C(C2CCCCC2)CC(N=C(C)C2CCCC(C(C)=NC3CC(C4CCCCC4)C(OCCCCCCCCCCCCCCCCCCCC)C(C4CCCCC4)C3)[N-]2)CC1C1CCCCC1.[Cl][Co+][Cl]. The van der Waals surface area contributed by atoms with Crippen LogP contribution in [0.1, 0.15) is 432 Å². The van der Waals surface area contributed by atoms with E-state index in [-0.39, 0.29) is 12.1 Å². The molecule has 6 atom stereocenters. The molecule has 0 aromatic carbocycles. The summed E-state index contributed by atoms with van der Waals surface area (Å²) >= 11 is 0.382. The van der Waals surface area contributed by atoms with Crippen LogP contribution in [-0.4, -0.2) is 61.0 Å². The first kappa shape index (κ1) is 82.3. The maximum absolute atomic E-state index is 7.38. The monoisotopic (exact) mass is 1380 g/mol. The van der Waals surface area contributed by atoms with E-state index in [2.05, 4.69) is 27.7 Å². The summed E-state index contributed by atoms with van der Waals surface area (Å²) in [7, 11) is 9.47. The Labute approximate surface area is 594 Å². The zero-order chi connectivity index (χ0) is 65.4. The molecule has 0 spiro atoms. The Bertz CT molecular complexity index is 1610. The fourth-order valence-electron chi connectivity index (χ4n) is 20.1. The molecule has 5 nitrogen and oxygen atoms in total. The van der Waals surface area contributed by atoms with E-state index in [0.29, 0.717) is 60.9 Å². The second-order valence-electron chi connectivity index (χ2n) is 32.9. The van der Waals surface area contributed by atoms with Crippen molar-refractivity contribution in [3.8, 4) is 0 Å². The summed E-state index contributed by atoms with van der Waals surface area (Å²) in [5.74, 6) is 6.01. The number of unbranched alkanes of at least 4 members (excludes halogenated alkanes) is 34. The Kier molecular flexibility index (Phi) is 47.8. The molecule has 1 saturated heterocycles. The van der Waals surface area contributed by atoms with Crippen molar-refractivity contribution < 1.29 is 22.4 Å². The summed E-state index contributed by atoms with van der Waals surface area (Å²) in [5, 5.41) is 5.79. The molecule has 6 saturated carbocycles. The number of halogens is 2. The standard InChI is InChI=1S/C85H156N3O2.2ClH.Co/c1-5-7-9-11-13-15-17-19-21-23-25-27-29-31-33-35-37-51-64-89-84-78(72-54-43-39-44-55-72)66-76(67-79(84)73-56-45-40-46-57-73)86-70(3)82-62-53-63-83(88-82)71(4)87-77-68-80(74-58-47-41-48-59-74)85(81(69-77)75-60-49-42-50-61-75)90-65-52-38-36-34-32-30-28-26-24-22-20-18-16-14-12-10-8-6-2;;;/h72-85H,5-69H2,1-4H3;2*1H;/q-1;;;+3/p-2. The number of hydrogen-bond donors (Lipinski definition) is 0.